The minimum absolute atomic E-state index is 0.0242. The van der Waals surface area contributed by atoms with Crippen LogP contribution in [0.3, 0.4) is 0 Å². The number of carbonyl (C=O) groups is 1. The van der Waals surface area contributed by atoms with E-state index in [4.69, 9.17) is 8.92 Å². The molecule has 0 fully saturated rings. The number of amides is 2. The number of methoxy groups -OCH3 is 1. The van der Waals surface area contributed by atoms with Crippen molar-refractivity contribution in [2.45, 2.75) is 33.4 Å². The molecule has 0 atom stereocenters. The third-order valence-electron chi connectivity index (χ3n) is 3.75. The first-order chi connectivity index (χ1) is 12.6. The predicted octanol–water partition coefficient (Wildman–Crippen LogP) is 0.488. The van der Waals surface area contributed by atoms with E-state index < -0.39 is 10.1 Å². The van der Waals surface area contributed by atoms with Crippen LogP contribution in [0, 0.1) is 0 Å². The highest BCUT2D eigenvalue weighted by atomic mass is 32.2. The van der Waals surface area contributed by atoms with E-state index >= 15 is 0 Å². The number of hydrogen-bond donors (Lipinski definition) is 2. The normalized spacial score (nSPS) is 11.6. The van der Waals surface area contributed by atoms with Gasteiger partial charge in [-0.2, -0.15) is 8.42 Å². The average molecular weight is 403 g/mol. The van der Waals surface area contributed by atoms with Crippen molar-refractivity contribution in [3.8, 4) is 11.5 Å². The van der Waals surface area contributed by atoms with Crippen LogP contribution in [-0.4, -0.2) is 65.4 Å². The number of quaternary nitrogens is 1. The zero-order chi connectivity index (χ0) is 20.6. The first-order valence-electron chi connectivity index (χ1n) is 9.01. The van der Waals surface area contributed by atoms with Gasteiger partial charge < -0.3 is 24.0 Å². The maximum atomic E-state index is 12.5. The molecule has 0 unspecified atom stereocenters. The van der Waals surface area contributed by atoms with Gasteiger partial charge >= 0.3 is 16.1 Å². The summed E-state index contributed by atoms with van der Waals surface area (Å²) in [4.78, 5) is 15.4. The molecule has 2 amide bonds. The van der Waals surface area contributed by atoms with Gasteiger partial charge in [0.2, 0.25) is 0 Å². The molecule has 9 heteroatoms. The van der Waals surface area contributed by atoms with Crippen molar-refractivity contribution in [3.63, 3.8) is 0 Å². The van der Waals surface area contributed by atoms with Crippen molar-refractivity contribution in [3.05, 3.63) is 23.8 Å². The topological polar surface area (TPSA) is 89.4 Å². The molecule has 0 aliphatic carbocycles. The van der Waals surface area contributed by atoms with Gasteiger partial charge in [-0.15, -0.1) is 0 Å². The predicted molar refractivity (Wildman–Crippen MR) is 105 cm³/mol. The van der Waals surface area contributed by atoms with Crippen LogP contribution in [0.15, 0.2) is 18.2 Å². The molecule has 2 N–H and O–H groups in total. The molecule has 0 radical (unpaired) electrons. The molecule has 27 heavy (non-hydrogen) atoms. The number of likely N-dealkylation sites (N-methyl/N-ethyl adjacent to an activating group) is 1. The number of nitrogens with zero attached hydrogens (tertiary/aromatic N) is 1. The van der Waals surface area contributed by atoms with E-state index in [-0.39, 0.29) is 23.6 Å². The molecular formula is C18H32N3O5S+. The van der Waals surface area contributed by atoms with Gasteiger partial charge in [-0.05, 0) is 38.5 Å². The molecule has 0 aromatic heterocycles. The van der Waals surface area contributed by atoms with Gasteiger partial charge in [-0.1, -0.05) is 6.07 Å². The summed E-state index contributed by atoms with van der Waals surface area (Å²) in [5, 5.41) is 2.90. The Labute approximate surface area is 162 Å². The van der Waals surface area contributed by atoms with Crippen LogP contribution in [0.1, 0.15) is 26.3 Å². The number of nitrogens with one attached hydrogen (secondary N) is 2. The van der Waals surface area contributed by atoms with E-state index in [1.807, 2.05) is 27.9 Å². The third-order valence-corrected chi connectivity index (χ3v) is 4.89. The van der Waals surface area contributed by atoms with Crippen molar-refractivity contribution in [1.82, 2.24) is 10.2 Å². The van der Waals surface area contributed by atoms with Crippen LogP contribution in [-0.2, 0) is 16.7 Å². The fourth-order valence-corrected chi connectivity index (χ4v) is 2.77. The smallest absolute Gasteiger partial charge is 0.318 e. The number of carbonyl (C=O) groups excluding carboxylic acids is 1. The first kappa shape index (κ1) is 23.0. The van der Waals surface area contributed by atoms with Crippen LogP contribution in [0.2, 0.25) is 0 Å². The van der Waals surface area contributed by atoms with Crippen LogP contribution >= 0.6 is 0 Å². The van der Waals surface area contributed by atoms with E-state index in [1.165, 1.54) is 18.9 Å². The zero-order valence-electron chi connectivity index (χ0n) is 17.0. The molecule has 0 aliphatic heterocycles. The summed E-state index contributed by atoms with van der Waals surface area (Å²) in [6, 6.07) is 4.90. The second kappa shape index (κ2) is 10.4. The molecular weight excluding hydrogens is 370 g/mol. The lowest BCUT2D eigenvalue weighted by atomic mass is 10.2. The number of urea groups is 1. The van der Waals surface area contributed by atoms with Crippen molar-refractivity contribution >= 4 is 16.1 Å². The van der Waals surface area contributed by atoms with E-state index in [0.29, 0.717) is 18.8 Å². The van der Waals surface area contributed by atoms with Crippen molar-refractivity contribution in [2.24, 2.45) is 0 Å². The van der Waals surface area contributed by atoms with Gasteiger partial charge in [0.1, 0.15) is 0 Å². The average Bonchev–Trinajstić information content (AvgIpc) is 2.57. The third kappa shape index (κ3) is 8.04. The summed E-state index contributed by atoms with van der Waals surface area (Å²) in [6.45, 7) is 7.00. The Bertz CT molecular complexity index is 720. The van der Waals surface area contributed by atoms with Gasteiger partial charge in [-0.25, -0.2) is 4.79 Å². The number of rotatable bonds is 10. The molecule has 1 rings (SSSR count). The molecule has 1 aromatic carbocycles. The summed E-state index contributed by atoms with van der Waals surface area (Å²) in [5.41, 5.74) is 0.754. The standard InChI is InChI=1S/C18H31N3O5S/c1-7-27(23,24)26-17-12-15(8-9-16(17)25-6)13-21(11-10-20(4)5)18(22)19-14(2)3/h8-9,12,14H,7,10-11,13H2,1-6H3,(H,19,22)/p+1. The molecule has 0 saturated heterocycles. The van der Waals surface area contributed by atoms with Crippen LogP contribution in [0.25, 0.3) is 0 Å². The molecule has 0 aliphatic rings. The monoisotopic (exact) mass is 402 g/mol. The Hall–Kier alpha value is -2.00. The molecule has 0 heterocycles. The minimum Gasteiger partial charge on any atom is -0.493 e. The van der Waals surface area contributed by atoms with E-state index in [2.05, 4.69) is 5.32 Å². The fourth-order valence-electron chi connectivity index (χ4n) is 2.25. The Morgan fingerprint density at radius 1 is 1.26 bits per heavy atom. The Morgan fingerprint density at radius 2 is 1.93 bits per heavy atom. The van der Waals surface area contributed by atoms with Gasteiger partial charge in [0.15, 0.2) is 11.5 Å². The van der Waals surface area contributed by atoms with Gasteiger partial charge in [0.25, 0.3) is 0 Å². The summed E-state index contributed by atoms with van der Waals surface area (Å²) in [5.74, 6) is 0.306. The molecule has 1 aromatic rings. The largest absolute Gasteiger partial charge is 0.493 e. The minimum atomic E-state index is -3.68. The number of ether oxygens (including phenoxy) is 1. The second-order valence-corrected chi connectivity index (χ2v) is 8.76. The van der Waals surface area contributed by atoms with Crippen molar-refractivity contribution < 1.29 is 27.0 Å². The summed E-state index contributed by atoms with van der Waals surface area (Å²) in [6.07, 6.45) is 0. The summed E-state index contributed by atoms with van der Waals surface area (Å²) >= 11 is 0. The number of benzene rings is 1. The lowest BCUT2D eigenvalue weighted by Gasteiger charge is -2.25. The zero-order valence-corrected chi connectivity index (χ0v) is 17.9. The van der Waals surface area contributed by atoms with Crippen molar-refractivity contribution in [1.29, 1.82) is 0 Å². The fraction of sp³-hybridized carbons (Fsp3) is 0.611. The van der Waals surface area contributed by atoms with Gasteiger partial charge in [0, 0.05) is 12.6 Å². The van der Waals surface area contributed by atoms with Crippen LogP contribution in [0.5, 0.6) is 11.5 Å². The summed E-state index contributed by atoms with van der Waals surface area (Å²) in [7, 11) is 1.81. The highest BCUT2D eigenvalue weighted by Gasteiger charge is 2.19. The SMILES string of the molecule is CCS(=O)(=O)Oc1cc(CN(CC[NH+](C)C)C(=O)NC(C)C)ccc1OC. The highest BCUT2D eigenvalue weighted by Crippen LogP contribution is 2.30. The Morgan fingerprint density at radius 3 is 2.44 bits per heavy atom. The van der Waals surface area contributed by atoms with Gasteiger partial charge in [0.05, 0.1) is 40.0 Å². The Kier molecular flexibility index (Phi) is 8.84. The molecule has 0 spiro atoms. The quantitative estimate of drug-likeness (QED) is 0.556. The highest BCUT2D eigenvalue weighted by molar-refractivity contribution is 7.87. The van der Waals surface area contributed by atoms with Crippen molar-refractivity contribution in [2.75, 3.05) is 40.0 Å². The lowest BCUT2D eigenvalue weighted by molar-refractivity contribution is -0.857. The molecule has 0 saturated carbocycles. The maximum absolute atomic E-state index is 12.5. The van der Waals surface area contributed by atoms with Crippen LogP contribution in [0.4, 0.5) is 4.79 Å². The maximum Gasteiger partial charge on any atom is 0.318 e. The number of hydrogen-bond acceptors (Lipinski definition) is 5. The molecule has 8 nitrogen and oxygen atoms in total. The van der Waals surface area contributed by atoms with E-state index in [9.17, 15) is 13.2 Å². The van der Waals surface area contributed by atoms with E-state index in [1.54, 1.807) is 23.1 Å². The first-order valence-corrected chi connectivity index (χ1v) is 10.6. The summed E-state index contributed by atoms with van der Waals surface area (Å²) < 4.78 is 34.0. The lowest BCUT2D eigenvalue weighted by Crippen LogP contribution is -3.06. The second-order valence-electron chi connectivity index (χ2n) is 6.90. The van der Waals surface area contributed by atoms with Crippen LogP contribution < -0.4 is 19.1 Å². The van der Waals surface area contributed by atoms with Gasteiger partial charge in [-0.3, -0.25) is 0 Å². The molecule has 0 bridgehead atoms. The molecule has 154 valence electrons. The Balaban J connectivity index is 3.07. The van der Waals surface area contributed by atoms with E-state index in [0.717, 1.165) is 12.1 Å².